The van der Waals surface area contributed by atoms with E-state index in [1.54, 1.807) is 12.4 Å². The molecule has 18 heavy (non-hydrogen) atoms. The highest BCUT2D eigenvalue weighted by Crippen LogP contribution is 2.24. The summed E-state index contributed by atoms with van der Waals surface area (Å²) in [6.07, 6.45) is 5.12. The molecule has 2 rings (SSSR count). The fourth-order valence-electron chi connectivity index (χ4n) is 2.10. The van der Waals surface area contributed by atoms with Crippen molar-refractivity contribution in [2.45, 2.75) is 32.8 Å². The molecule has 0 aliphatic heterocycles. The quantitative estimate of drug-likeness (QED) is 0.889. The van der Waals surface area contributed by atoms with Crippen LogP contribution in [0.3, 0.4) is 0 Å². The molecule has 0 radical (unpaired) electrons. The third kappa shape index (κ3) is 2.77. The molecule has 0 saturated carbocycles. The van der Waals surface area contributed by atoms with Crippen LogP contribution in [0.4, 0.5) is 0 Å². The molecule has 1 N–H and O–H groups in total. The Morgan fingerprint density at radius 2 is 1.89 bits per heavy atom. The first-order valence-corrected chi connectivity index (χ1v) is 6.39. The highest BCUT2D eigenvalue weighted by molar-refractivity contribution is 5.34. The van der Waals surface area contributed by atoms with Crippen LogP contribution < -0.4 is 0 Å². The summed E-state index contributed by atoms with van der Waals surface area (Å²) in [5, 5.41) is 10.4. The molecule has 1 aromatic heterocycles. The van der Waals surface area contributed by atoms with Crippen LogP contribution in [-0.2, 0) is 6.42 Å². The van der Waals surface area contributed by atoms with Crippen LogP contribution in [0.1, 0.15) is 41.7 Å². The van der Waals surface area contributed by atoms with Gasteiger partial charge in [0, 0.05) is 18.0 Å². The largest absolute Gasteiger partial charge is 0.384 e. The summed E-state index contributed by atoms with van der Waals surface area (Å²) in [7, 11) is 0. The molecule has 1 unspecified atom stereocenters. The highest BCUT2D eigenvalue weighted by atomic mass is 16.3. The lowest BCUT2D eigenvalue weighted by molar-refractivity contribution is 0.219. The predicted molar refractivity (Wildman–Crippen MR) is 73.5 cm³/mol. The summed E-state index contributed by atoms with van der Waals surface area (Å²) in [6.45, 7) is 4.16. The van der Waals surface area contributed by atoms with Crippen molar-refractivity contribution in [1.29, 1.82) is 0 Å². The van der Waals surface area contributed by atoms with Gasteiger partial charge in [0.2, 0.25) is 0 Å². The zero-order valence-corrected chi connectivity index (χ0v) is 10.9. The van der Waals surface area contributed by atoms with E-state index < -0.39 is 6.10 Å². The average molecular weight is 241 g/mol. The van der Waals surface area contributed by atoms with Crippen LogP contribution in [0.25, 0.3) is 0 Å². The van der Waals surface area contributed by atoms with Gasteiger partial charge in [0.05, 0.1) is 0 Å². The Hall–Kier alpha value is -1.67. The first kappa shape index (κ1) is 12.8. The summed E-state index contributed by atoms with van der Waals surface area (Å²) in [6, 6.07) is 10.1. The minimum Gasteiger partial charge on any atom is -0.384 e. The maximum Gasteiger partial charge on any atom is 0.106 e. The lowest BCUT2D eigenvalue weighted by atomic mass is 9.98. The van der Waals surface area contributed by atoms with E-state index in [0.29, 0.717) is 0 Å². The van der Waals surface area contributed by atoms with Crippen molar-refractivity contribution in [3.05, 3.63) is 65.0 Å². The third-order valence-corrected chi connectivity index (χ3v) is 3.21. The molecule has 1 aromatic carbocycles. The lowest BCUT2D eigenvalue weighted by Crippen LogP contribution is -2.02. The molecule has 2 nitrogen and oxygen atoms in total. The van der Waals surface area contributed by atoms with E-state index in [9.17, 15) is 5.11 Å². The van der Waals surface area contributed by atoms with Crippen molar-refractivity contribution in [3.63, 3.8) is 0 Å². The molecule has 0 fully saturated rings. The zero-order valence-electron chi connectivity index (χ0n) is 10.9. The normalized spacial score (nSPS) is 12.4. The number of rotatable bonds is 4. The van der Waals surface area contributed by atoms with Crippen molar-refractivity contribution < 1.29 is 5.11 Å². The number of aliphatic hydroxyl groups excluding tert-OH is 1. The van der Waals surface area contributed by atoms with Crippen molar-refractivity contribution in [2.75, 3.05) is 0 Å². The number of pyridine rings is 1. The first-order chi connectivity index (χ1) is 8.72. The number of aromatic nitrogens is 1. The van der Waals surface area contributed by atoms with E-state index in [1.165, 1.54) is 5.56 Å². The minimum atomic E-state index is -0.589. The summed E-state index contributed by atoms with van der Waals surface area (Å²) >= 11 is 0. The smallest absolute Gasteiger partial charge is 0.106 e. The van der Waals surface area contributed by atoms with Gasteiger partial charge in [-0.05, 0) is 36.1 Å². The van der Waals surface area contributed by atoms with Gasteiger partial charge in [0.1, 0.15) is 6.10 Å². The van der Waals surface area contributed by atoms with E-state index in [0.717, 1.165) is 29.5 Å². The van der Waals surface area contributed by atoms with E-state index in [-0.39, 0.29) is 0 Å². The molecule has 94 valence electrons. The maximum atomic E-state index is 10.4. The van der Waals surface area contributed by atoms with Crippen LogP contribution in [0.2, 0.25) is 0 Å². The number of hydrogen-bond acceptors (Lipinski definition) is 2. The van der Waals surface area contributed by atoms with Crippen LogP contribution in [0.15, 0.2) is 42.7 Å². The van der Waals surface area contributed by atoms with Gasteiger partial charge >= 0.3 is 0 Å². The maximum absolute atomic E-state index is 10.4. The number of hydrogen-bond donors (Lipinski definition) is 1. The van der Waals surface area contributed by atoms with E-state index in [1.807, 2.05) is 25.1 Å². The molecule has 0 saturated heterocycles. The predicted octanol–water partition coefficient (Wildman–Crippen LogP) is 3.42. The van der Waals surface area contributed by atoms with E-state index in [4.69, 9.17) is 0 Å². The van der Waals surface area contributed by atoms with Gasteiger partial charge in [-0.1, -0.05) is 37.6 Å². The monoisotopic (exact) mass is 241 g/mol. The van der Waals surface area contributed by atoms with Gasteiger partial charge in [-0.25, -0.2) is 0 Å². The molecule has 0 bridgehead atoms. The number of aliphatic hydroxyl groups is 1. The molecule has 0 aliphatic carbocycles. The second kappa shape index (κ2) is 5.78. The van der Waals surface area contributed by atoms with Gasteiger partial charge in [-0.3, -0.25) is 4.98 Å². The molecule has 0 amide bonds. The third-order valence-electron chi connectivity index (χ3n) is 3.21. The van der Waals surface area contributed by atoms with E-state index >= 15 is 0 Å². The van der Waals surface area contributed by atoms with Crippen LogP contribution in [0.5, 0.6) is 0 Å². The van der Waals surface area contributed by atoms with Gasteiger partial charge < -0.3 is 5.11 Å². The topological polar surface area (TPSA) is 33.1 Å². The Morgan fingerprint density at radius 1 is 1.17 bits per heavy atom. The number of benzene rings is 1. The molecule has 1 heterocycles. The Bertz CT molecular complexity index is 505. The summed E-state index contributed by atoms with van der Waals surface area (Å²) in [4.78, 5) is 4.08. The number of aryl methyl sites for hydroxylation is 2. The molecule has 2 heteroatoms. The summed E-state index contributed by atoms with van der Waals surface area (Å²) in [5.41, 5.74) is 4.18. The van der Waals surface area contributed by atoms with Gasteiger partial charge in [-0.15, -0.1) is 0 Å². The molecule has 0 spiro atoms. The summed E-state index contributed by atoms with van der Waals surface area (Å²) < 4.78 is 0. The number of nitrogens with zero attached hydrogens (tertiary/aromatic N) is 1. The van der Waals surface area contributed by atoms with Crippen molar-refractivity contribution in [1.82, 2.24) is 4.98 Å². The molecule has 1 atom stereocenters. The highest BCUT2D eigenvalue weighted by Gasteiger charge is 2.12. The van der Waals surface area contributed by atoms with Crippen LogP contribution in [-0.4, -0.2) is 10.1 Å². The Balaban J connectivity index is 2.23. The fraction of sp³-hybridized carbons (Fsp3) is 0.312. The first-order valence-electron chi connectivity index (χ1n) is 6.39. The minimum absolute atomic E-state index is 0.589. The molecular formula is C16H19NO. The lowest BCUT2D eigenvalue weighted by Gasteiger charge is -2.14. The Kier molecular flexibility index (Phi) is 4.11. The van der Waals surface area contributed by atoms with Crippen molar-refractivity contribution >= 4 is 0 Å². The van der Waals surface area contributed by atoms with Gasteiger partial charge in [0.25, 0.3) is 0 Å². The van der Waals surface area contributed by atoms with Crippen molar-refractivity contribution in [2.24, 2.45) is 0 Å². The Labute approximate surface area is 108 Å². The molecular weight excluding hydrogens is 222 g/mol. The van der Waals surface area contributed by atoms with Gasteiger partial charge in [0.15, 0.2) is 0 Å². The zero-order chi connectivity index (χ0) is 13.0. The van der Waals surface area contributed by atoms with E-state index in [2.05, 4.69) is 24.0 Å². The van der Waals surface area contributed by atoms with Crippen LogP contribution in [0, 0.1) is 6.92 Å². The molecule has 0 aliphatic rings. The van der Waals surface area contributed by atoms with Crippen LogP contribution >= 0.6 is 0 Å². The standard InChI is InChI=1S/C16H19NO/c1-3-4-13-5-7-14(8-6-13)16(18)15-11-17-10-9-12(15)2/h5-11,16,18H,3-4H2,1-2H3. The SMILES string of the molecule is CCCc1ccc(C(O)c2cnccc2C)cc1. The average Bonchev–Trinajstić information content (AvgIpc) is 2.40. The fourth-order valence-corrected chi connectivity index (χ4v) is 2.10. The second-order valence-corrected chi connectivity index (χ2v) is 4.63. The summed E-state index contributed by atoms with van der Waals surface area (Å²) in [5.74, 6) is 0. The molecule has 2 aromatic rings. The van der Waals surface area contributed by atoms with Gasteiger partial charge in [-0.2, -0.15) is 0 Å². The van der Waals surface area contributed by atoms with Crippen molar-refractivity contribution in [3.8, 4) is 0 Å². The second-order valence-electron chi connectivity index (χ2n) is 4.63. The Morgan fingerprint density at radius 3 is 2.50 bits per heavy atom.